The Kier molecular flexibility index (Phi) is 5.89. The van der Waals surface area contributed by atoms with Gasteiger partial charge in [-0.05, 0) is 43.5 Å². The maximum absolute atomic E-state index is 8.91. The van der Waals surface area contributed by atoms with Gasteiger partial charge in [0.25, 0.3) is 0 Å². The lowest BCUT2D eigenvalue weighted by molar-refractivity contribution is 0.281. The lowest BCUT2D eigenvalue weighted by atomic mass is 10.2. The zero-order valence-corrected chi connectivity index (χ0v) is 12.8. The summed E-state index contributed by atoms with van der Waals surface area (Å²) in [6, 6.07) is 6.08. The Morgan fingerprint density at radius 1 is 1.30 bits per heavy atom. The normalized spacial score (nSPS) is 11.3. The third-order valence-corrected chi connectivity index (χ3v) is 3.71. The van der Waals surface area contributed by atoms with Crippen molar-refractivity contribution in [1.29, 1.82) is 0 Å². The number of unbranched alkanes of at least 4 members (excludes halogenated alkanes) is 1. The van der Waals surface area contributed by atoms with Crippen LogP contribution >= 0.6 is 11.6 Å². The van der Waals surface area contributed by atoms with Gasteiger partial charge in [-0.2, -0.15) is 0 Å². The van der Waals surface area contributed by atoms with Gasteiger partial charge in [0.05, 0.1) is 0 Å². The van der Waals surface area contributed by atoms with Gasteiger partial charge < -0.3 is 15.0 Å². The van der Waals surface area contributed by atoms with Crippen LogP contribution in [-0.4, -0.2) is 22.8 Å². The van der Waals surface area contributed by atoms with E-state index in [1.807, 2.05) is 12.1 Å². The number of fused-ring (bicyclic) bond motifs is 1. The summed E-state index contributed by atoms with van der Waals surface area (Å²) in [5.74, 6) is 0. The molecule has 0 saturated carbocycles. The van der Waals surface area contributed by atoms with Crippen LogP contribution in [0.3, 0.4) is 0 Å². The summed E-state index contributed by atoms with van der Waals surface area (Å²) in [5, 5.41) is 14.4. The highest BCUT2D eigenvalue weighted by atomic mass is 35.5. The second kappa shape index (κ2) is 7.67. The second-order valence-corrected chi connectivity index (χ2v) is 5.55. The number of aromatic nitrogens is 1. The fourth-order valence-corrected chi connectivity index (χ4v) is 2.63. The third kappa shape index (κ3) is 3.75. The molecule has 0 aliphatic rings. The van der Waals surface area contributed by atoms with Crippen molar-refractivity contribution in [2.24, 2.45) is 0 Å². The summed E-state index contributed by atoms with van der Waals surface area (Å²) in [5.41, 5.74) is 2.50. The summed E-state index contributed by atoms with van der Waals surface area (Å²) in [6.45, 7) is 5.27. The molecule has 1 aromatic carbocycles. The molecular formula is C16H23ClN2O. The van der Waals surface area contributed by atoms with Crippen molar-refractivity contribution >= 4 is 22.5 Å². The zero-order chi connectivity index (χ0) is 14.4. The Labute approximate surface area is 125 Å². The van der Waals surface area contributed by atoms with Crippen LogP contribution in [-0.2, 0) is 13.1 Å². The Hall–Kier alpha value is -1.03. The smallest absolute Gasteiger partial charge is 0.0498 e. The van der Waals surface area contributed by atoms with E-state index in [0.717, 1.165) is 43.9 Å². The molecule has 0 unspecified atom stereocenters. The van der Waals surface area contributed by atoms with Crippen LogP contribution < -0.4 is 5.32 Å². The summed E-state index contributed by atoms with van der Waals surface area (Å²) >= 11 is 6.12. The number of aryl methyl sites for hydroxylation is 1. The third-order valence-electron chi connectivity index (χ3n) is 3.48. The summed E-state index contributed by atoms with van der Waals surface area (Å²) in [6.07, 6.45) is 5.17. The van der Waals surface area contributed by atoms with Crippen LogP contribution in [0.15, 0.2) is 24.4 Å². The van der Waals surface area contributed by atoms with Gasteiger partial charge in [-0.1, -0.05) is 24.6 Å². The number of halogens is 1. The van der Waals surface area contributed by atoms with Gasteiger partial charge in [-0.15, -0.1) is 0 Å². The van der Waals surface area contributed by atoms with Crippen LogP contribution in [0.1, 0.15) is 31.7 Å². The Morgan fingerprint density at radius 2 is 2.15 bits per heavy atom. The van der Waals surface area contributed by atoms with Crippen molar-refractivity contribution in [2.45, 2.75) is 39.3 Å². The van der Waals surface area contributed by atoms with E-state index >= 15 is 0 Å². The van der Waals surface area contributed by atoms with E-state index in [4.69, 9.17) is 16.7 Å². The number of aliphatic hydroxyl groups is 1. The molecule has 0 saturated heterocycles. The predicted octanol–water partition coefficient (Wildman–Crippen LogP) is 3.57. The van der Waals surface area contributed by atoms with E-state index in [0.29, 0.717) is 0 Å². The van der Waals surface area contributed by atoms with Gasteiger partial charge in [0, 0.05) is 41.8 Å². The quantitative estimate of drug-likeness (QED) is 0.730. The number of nitrogens with one attached hydrogen (secondary N) is 1. The highest BCUT2D eigenvalue weighted by Crippen LogP contribution is 2.25. The van der Waals surface area contributed by atoms with Gasteiger partial charge in [0.2, 0.25) is 0 Å². The average Bonchev–Trinajstić information content (AvgIpc) is 2.77. The standard InChI is InChI=1S/C16H23ClN2O/c1-2-7-18-11-13-12-19(8-3-4-9-20)16-10-14(17)5-6-15(13)16/h5-6,10,12,18,20H,2-4,7-9,11H2,1H3. The molecule has 0 fully saturated rings. The average molecular weight is 295 g/mol. The van der Waals surface area contributed by atoms with Gasteiger partial charge in [0.15, 0.2) is 0 Å². The largest absolute Gasteiger partial charge is 0.396 e. The molecule has 20 heavy (non-hydrogen) atoms. The summed E-state index contributed by atoms with van der Waals surface area (Å²) in [7, 11) is 0. The van der Waals surface area contributed by atoms with Crippen LogP contribution in [0.25, 0.3) is 10.9 Å². The molecule has 1 heterocycles. The number of benzene rings is 1. The van der Waals surface area contributed by atoms with Crippen molar-refractivity contribution in [3.05, 3.63) is 35.0 Å². The Morgan fingerprint density at radius 3 is 2.90 bits per heavy atom. The predicted molar refractivity (Wildman–Crippen MR) is 85.3 cm³/mol. The van der Waals surface area contributed by atoms with Gasteiger partial charge in [-0.25, -0.2) is 0 Å². The second-order valence-electron chi connectivity index (χ2n) is 5.12. The number of aliphatic hydroxyl groups excluding tert-OH is 1. The molecular weight excluding hydrogens is 272 g/mol. The van der Waals surface area contributed by atoms with E-state index in [9.17, 15) is 0 Å². The molecule has 0 aliphatic carbocycles. The molecule has 0 radical (unpaired) electrons. The molecule has 110 valence electrons. The van der Waals surface area contributed by atoms with Gasteiger partial charge in [-0.3, -0.25) is 0 Å². The van der Waals surface area contributed by atoms with E-state index < -0.39 is 0 Å². The molecule has 1 aromatic heterocycles. The van der Waals surface area contributed by atoms with E-state index in [1.54, 1.807) is 0 Å². The summed E-state index contributed by atoms with van der Waals surface area (Å²) < 4.78 is 2.25. The highest BCUT2D eigenvalue weighted by molar-refractivity contribution is 6.31. The van der Waals surface area contributed by atoms with Gasteiger partial charge in [0.1, 0.15) is 0 Å². The van der Waals surface area contributed by atoms with Crippen molar-refractivity contribution < 1.29 is 5.11 Å². The fraction of sp³-hybridized carbons (Fsp3) is 0.500. The maximum atomic E-state index is 8.91. The minimum Gasteiger partial charge on any atom is -0.396 e. The van der Waals surface area contributed by atoms with Crippen molar-refractivity contribution in [3.8, 4) is 0 Å². The van der Waals surface area contributed by atoms with Crippen LogP contribution in [0.2, 0.25) is 5.02 Å². The zero-order valence-electron chi connectivity index (χ0n) is 12.0. The number of rotatable bonds is 8. The highest BCUT2D eigenvalue weighted by Gasteiger charge is 2.08. The Bertz CT molecular complexity index is 551. The molecule has 0 atom stereocenters. The fourth-order valence-electron chi connectivity index (χ4n) is 2.46. The topological polar surface area (TPSA) is 37.2 Å². The molecule has 0 bridgehead atoms. The number of hydrogen-bond donors (Lipinski definition) is 2. The molecule has 0 aliphatic heterocycles. The van der Waals surface area contributed by atoms with E-state index in [1.165, 1.54) is 16.5 Å². The first kappa shape index (κ1) is 15.4. The van der Waals surface area contributed by atoms with E-state index in [2.05, 4.69) is 29.1 Å². The maximum Gasteiger partial charge on any atom is 0.0498 e. The van der Waals surface area contributed by atoms with Crippen LogP contribution in [0.4, 0.5) is 0 Å². The number of nitrogens with zero attached hydrogens (tertiary/aromatic N) is 1. The van der Waals surface area contributed by atoms with E-state index in [-0.39, 0.29) is 6.61 Å². The Balaban J connectivity index is 2.23. The van der Waals surface area contributed by atoms with Crippen LogP contribution in [0.5, 0.6) is 0 Å². The lowest BCUT2D eigenvalue weighted by Crippen LogP contribution is -2.13. The molecule has 3 nitrogen and oxygen atoms in total. The monoisotopic (exact) mass is 294 g/mol. The lowest BCUT2D eigenvalue weighted by Gasteiger charge is -2.04. The first-order valence-corrected chi connectivity index (χ1v) is 7.73. The van der Waals surface area contributed by atoms with Gasteiger partial charge >= 0.3 is 0 Å². The number of hydrogen-bond acceptors (Lipinski definition) is 2. The molecule has 2 N–H and O–H groups in total. The minimum absolute atomic E-state index is 0.255. The van der Waals surface area contributed by atoms with Crippen LogP contribution in [0, 0.1) is 0 Å². The molecule has 4 heteroatoms. The summed E-state index contributed by atoms with van der Waals surface area (Å²) in [4.78, 5) is 0. The van der Waals surface area contributed by atoms with Crippen molar-refractivity contribution in [3.63, 3.8) is 0 Å². The first-order chi connectivity index (χ1) is 9.76. The first-order valence-electron chi connectivity index (χ1n) is 7.35. The minimum atomic E-state index is 0.255. The molecule has 0 spiro atoms. The SMILES string of the molecule is CCCNCc1cn(CCCCO)c2cc(Cl)ccc12. The molecule has 2 rings (SSSR count). The van der Waals surface area contributed by atoms with Crippen molar-refractivity contribution in [1.82, 2.24) is 9.88 Å². The van der Waals surface area contributed by atoms with Crippen molar-refractivity contribution in [2.75, 3.05) is 13.2 Å². The molecule has 0 amide bonds. The molecule has 2 aromatic rings.